The van der Waals surface area contributed by atoms with Crippen LogP contribution in [0.1, 0.15) is 28.4 Å². The van der Waals surface area contributed by atoms with E-state index in [-0.39, 0.29) is 22.0 Å². The van der Waals surface area contributed by atoms with Crippen molar-refractivity contribution in [2.24, 2.45) is 5.73 Å². The molecule has 1 amide bonds. The van der Waals surface area contributed by atoms with Gasteiger partial charge >= 0.3 is 0 Å². The summed E-state index contributed by atoms with van der Waals surface area (Å²) in [6.07, 6.45) is 0.614. The molecule has 0 saturated carbocycles. The number of benzene rings is 2. The second kappa shape index (κ2) is 7.33. The van der Waals surface area contributed by atoms with Crippen LogP contribution in [0.25, 0.3) is 0 Å². The number of amides is 1. The molecule has 3 nitrogen and oxygen atoms in total. The molecule has 0 radical (unpaired) electrons. The first kappa shape index (κ1) is 15.7. The van der Waals surface area contributed by atoms with Crippen LogP contribution in [0.5, 0.6) is 0 Å². The molecule has 0 heterocycles. The molecule has 0 aromatic heterocycles. The highest BCUT2D eigenvalue weighted by Crippen LogP contribution is 2.20. The Labute approximate surface area is 131 Å². The largest absolute Gasteiger partial charge is 0.352 e. The molecule has 0 fully saturated rings. The highest BCUT2D eigenvalue weighted by atomic mass is 79.9. The van der Waals surface area contributed by atoms with E-state index >= 15 is 0 Å². The Balaban J connectivity index is 1.89. The molecule has 5 heteroatoms. The Bertz CT molecular complexity index is 619. The van der Waals surface area contributed by atoms with E-state index in [1.54, 1.807) is 6.07 Å². The van der Waals surface area contributed by atoms with Crippen LogP contribution in [0.3, 0.4) is 0 Å². The zero-order chi connectivity index (χ0) is 15.2. The zero-order valence-electron chi connectivity index (χ0n) is 11.4. The van der Waals surface area contributed by atoms with Crippen LogP contribution in [0, 0.1) is 5.82 Å². The summed E-state index contributed by atoms with van der Waals surface area (Å²) in [7, 11) is 0. The summed E-state index contributed by atoms with van der Waals surface area (Å²) in [6.45, 7) is 0.428. The van der Waals surface area contributed by atoms with E-state index in [0.29, 0.717) is 13.0 Å². The lowest BCUT2D eigenvalue weighted by atomic mass is 10.1. The molecule has 110 valence electrons. The predicted molar refractivity (Wildman–Crippen MR) is 84.4 cm³/mol. The van der Waals surface area contributed by atoms with E-state index in [2.05, 4.69) is 21.2 Å². The molecule has 2 aromatic carbocycles. The van der Waals surface area contributed by atoms with Gasteiger partial charge in [-0.25, -0.2) is 4.39 Å². The third-order valence-electron chi connectivity index (χ3n) is 3.16. The van der Waals surface area contributed by atoms with Gasteiger partial charge < -0.3 is 11.1 Å². The van der Waals surface area contributed by atoms with Crippen LogP contribution in [0.2, 0.25) is 0 Å². The van der Waals surface area contributed by atoms with Gasteiger partial charge in [0.1, 0.15) is 5.82 Å². The van der Waals surface area contributed by atoms with Gasteiger partial charge in [-0.15, -0.1) is 0 Å². The second-order valence-electron chi connectivity index (χ2n) is 4.66. The Kier molecular flexibility index (Phi) is 5.47. The van der Waals surface area contributed by atoms with E-state index in [9.17, 15) is 9.18 Å². The lowest BCUT2D eigenvalue weighted by molar-refractivity contribution is 0.0951. The average molecular weight is 351 g/mol. The number of carbonyl (C=O) groups is 1. The molecule has 0 saturated heterocycles. The molecule has 2 rings (SSSR count). The van der Waals surface area contributed by atoms with Crippen molar-refractivity contribution >= 4 is 21.8 Å². The Morgan fingerprint density at radius 3 is 2.62 bits per heavy atom. The van der Waals surface area contributed by atoms with Gasteiger partial charge in [-0.2, -0.15) is 0 Å². The topological polar surface area (TPSA) is 55.1 Å². The van der Waals surface area contributed by atoms with Crippen LogP contribution in [0.4, 0.5) is 4.39 Å². The SMILES string of the molecule is NC(CCNC(=O)c1cccc(F)c1Br)c1ccccc1. The van der Waals surface area contributed by atoms with Crippen molar-refractivity contribution in [2.75, 3.05) is 6.54 Å². The smallest absolute Gasteiger partial charge is 0.252 e. The highest BCUT2D eigenvalue weighted by Gasteiger charge is 2.13. The van der Waals surface area contributed by atoms with Gasteiger partial charge in [-0.3, -0.25) is 4.79 Å². The van der Waals surface area contributed by atoms with Crippen molar-refractivity contribution < 1.29 is 9.18 Å². The van der Waals surface area contributed by atoms with Crippen molar-refractivity contribution in [3.63, 3.8) is 0 Å². The molecule has 0 bridgehead atoms. The fourth-order valence-corrected chi connectivity index (χ4v) is 2.43. The maximum atomic E-state index is 13.4. The van der Waals surface area contributed by atoms with Gasteiger partial charge in [-0.05, 0) is 40.0 Å². The monoisotopic (exact) mass is 350 g/mol. The minimum absolute atomic E-state index is 0.137. The van der Waals surface area contributed by atoms with Gasteiger partial charge in [0.05, 0.1) is 10.0 Å². The normalized spacial score (nSPS) is 12.0. The third-order valence-corrected chi connectivity index (χ3v) is 3.97. The van der Waals surface area contributed by atoms with Crippen LogP contribution in [0.15, 0.2) is 53.0 Å². The zero-order valence-corrected chi connectivity index (χ0v) is 12.9. The van der Waals surface area contributed by atoms with E-state index in [0.717, 1.165) is 5.56 Å². The van der Waals surface area contributed by atoms with E-state index in [1.165, 1.54) is 12.1 Å². The quantitative estimate of drug-likeness (QED) is 0.868. The van der Waals surface area contributed by atoms with Gasteiger partial charge in [0, 0.05) is 12.6 Å². The number of nitrogens with two attached hydrogens (primary N) is 1. The summed E-state index contributed by atoms with van der Waals surface area (Å²) in [6, 6.07) is 13.9. The summed E-state index contributed by atoms with van der Waals surface area (Å²) >= 11 is 3.08. The number of rotatable bonds is 5. The second-order valence-corrected chi connectivity index (χ2v) is 5.46. The fourth-order valence-electron chi connectivity index (χ4n) is 1.98. The van der Waals surface area contributed by atoms with E-state index < -0.39 is 5.82 Å². The van der Waals surface area contributed by atoms with Crippen molar-refractivity contribution in [1.29, 1.82) is 0 Å². The summed E-state index contributed by atoms with van der Waals surface area (Å²) in [5.41, 5.74) is 7.36. The van der Waals surface area contributed by atoms with Crippen LogP contribution in [-0.4, -0.2) is 12.5 Å². The lowest BCUT2D eigenvalue weighted by Crippen LogP contribution is -2.27. The Morgan fingerprint density at radius 1 is 1.19 bits per heavy atom. The van der Waals surface area contributed by atoms with Gasteiger partial charge in [0.2, 0.25) is 0 Å². The lowest BCUT2D eigenvalue weighted by Gasteiger charge is -2.13. The predicted octanol–water partition coefficient (Wildman–Crippen LogP) is 3.41. The molecule has 0 aliphatic rings. The number of carbonyl (C=O) groups excluding carboxylic acids is 1. The fraction of sp³-hybridized carbons (Fsp3) is 0.188. The maximum Gasteiger partial charge on any atom is 0.252 e. The first-order valence-corrected chi connectivity index (χ1v) is 7.41. The maximum absolute atomic E-state index is 13.4. The van der Waals surface area contributed by atoms with Crippen molar-refractivity contribution in [3.8, 4) is 0 Å². The summed E-state index contributed by atoms with van der Waals surface area (Å²) in [5, 5.41) is 2.75. The van der Waals surface area contributed by atoms with Crippen molar-refractivity contribution in [2.45, 2.75) is 12.5 Å². The summed E-state index contributed by atoms with van der Waals surface area (Å²) in [5.74, 6) is -0.773. The Hall–Kier alpha value is -1.72. The standard InChI is InChI=1S/C16H16BrFN2O/c17-15-12(7-4-8-13(15)18)16(21)20-10-9-14(19)11-5-2-1-3-6-11/h1-8,14H,9-10,19H2,(H,20,21). The Morgan fingerprint density at radius 2 is 1.90 bits per heavy atom. The number of hydrogen-bond donors (Lipinski definition) is 2. The molecule has 2 aromatic rings. The van der Waals surface area contributed by atoms with Gasteiger partial charge in [0.15, 0.2) is 0 Å². The first-order chi connectivity index (χ1) is 10.1. The first-order valence-electron chi connectivity index (χ1n) is 6.62. The molecule has 0 spiro atoms. The molecule has 1 atom stereocenters. The third kappa shape index (κ3) is 4.12. The summed E-state index contributed by atoms with van der Waals surface area (Å²) in [4.78, 5) is 12.0. The number of hydrogen-bond acceptors (Lipinski definition) is 2. The molecule has 0 aliphatic carbocycles. The number of halogens is 2. The molecular weight excluding hydrogens is 335 g/mol. The molecule has 21 heavy (non-hydrogen) atoms. The van der Waals surface area contributed by atoms with Crippen LogP contribution >= 0.6 is 15.9 Å². The minimum Gasteiger partial charge on any atom is -0.352 e. The minimum atomic E-state index is -0.455. The van der Waals surface area contributed by atoms with Crippen LogP contribution < -0.4 is 11.1 Å². The van der Waals surface area contributed by atoms with E-state index in [1.807, 2.05) is 30.3 Å². The van der Waals surface area contributed by atoms with Crippen LogP contribution in [-0.2, 0) is 0 Å². The molecule has 3 N–H and O–H groups in total. The average Bonchev–Trinajstić information content (AvgIpc) is 2.50. The number of nitrogens with one attached hydrogen (secondary N) is 1. The van der Waals surface area contributed by atoms with Gasteiger partial charge in [-0.1, -0.05) is 36.4 Å². The molecule has 0 aliphatic heterocycles. The van der Waals surface area contributed by atoms with Crippen molar-refractivity contribution in [3.05, 3.63) is 69.9 Å². The highest BCUT2D eigenvalue weighted by molar-refractivity contribution is 9.10. The van der Waals surface area contributed by atoms with Crippen molar-refractivity contribution in [1.82, 2.24) is 5.32 Å². The van der Waals surface area contributed by atoms with Gasteiger partial charge in [0.25, 0.3) is 5.91 Å². The summed E-state index contributed by atoms with van der Waals surface area (Å²) < 4.78 is 13.5. The molecular formula is C16H16BrFN2O. The van der Waals surface area contributed by atoms with E-state index in [4.69, 9.17) is 5.73 Å². The molecule has 1 unspecified atom stereocenters.